The van der Waals surface area contributed by atoms with Gasteiger partial charge in [-0.3, -0.25) is 4.79 Å². The Balaban J connectivity index is 1.64. The number of aromatic nitrogens is 1. The number of hydrogen-bond donors (Lipinski definition) is 2. The average molecular weight is 365 g/mol. The van der Waals surface area contributed by atoms with Gasteiger partial charge in [0.15, 0.2) is 6.61 Å². The van der Waals surface area contributed by atoms with Gasteiger partial charge in [0.25, 0.3) is 5.91 Å². The van der Waals surface area contributed by atoms with Gasteiger partial charge in [-0.05, 0) is 42.7 Å². The first-order valence-electron chi connectivity index (χ1n) is 8.70. The number of rotatable bonds is 7. The molecule has 1 aromatic heterocycles. The highest BCUT2D eigenvalue weighted by Crippen LogP contribution is 2.21. The predicted molar refractivity (Wildman–Crippen MR) is 100 cm³/mol. The average Bonchev–Trinajstić information content (AvgIpc) is 3.05. The van der Waals surface area contributed by atoms with Crippen LogP contribution in [-0.2, 0) is 16.0 Å². The molecule has 1 heterocycles. The molecule has 27 heavy (non-hydrogen) atoms. The zero-order chi connectivity index (χ0) is 19.4. The fraction of sp³-hybridized carbons (Fsp3) is 0.238. The van der Waals surface area contributed by atoms with Gasteiger partial charge in [0.2, 0.25) is 0 Å². The molecule has 6 nitrogen and oxygen atoms in total. The first kappa shape index (κ1) is 18.5. The number of carbonyl (C=O) groups excluding carboxylic acids is 2. The molecular weight excluding hydrogens is 344 g/mol. The van der Waals surface area contributed by atoms with Crippen molar-refractivity contribution in [1.82, 2.24) is 10.3 Å². The molecule has 3 aromatic rings. The molecule has 0 saturated heterocycles. The Morgan fingerprint density at radius 1 is 1.15 bits per heavy atom. The van der Waals surface area contributed by atoms with Crippen molar-refractivity contribution in [3.8, 4) is 5.75 Å². The number of aliphatic carboxylic acids is 1. The van der Waals surface area contributed by atoms with Crippen LogP contribution in [0.5, 0.6) is 5.75 Å². The summed E-state index contributed by atoms with van der Waals surface area (Å²) in [4.78, 5) is 26.8. The zero-order valence-electron chi connectivity index (χ0n) is 15.2. The highest BCUT2D eigenvalue weighted by atomic mass is 16.5. The number of carboxylic acid groups (broad SMARTS) is 1. The van der Waals surface area contributed by atoms with Gasteiger partial charge in [-0.15, -0.1) is 0 Å². The first-order chi connectivity index (χ1) is 13.0. The third kappa shape index (κ3) is 4.28. The number of H-pyrrole nitrogens is 1. The van der Waals surface area contributed by atoms with Crippen molar-refractivity contribution < 1.29 is 19.4 Å². The molecule has 0 radical (unpaired) electrons. The van der Waals surface area contributed by atoms with Crippen LogP contribution in [0.4, 0.5) is 0 Å². The topological polar surface area (TPSA) is 94.2 Å². The molecule has 0 aliphatic rings. The van der Waals surface area contributed by atoms with Crippen LogP contribution in [0.25, 0.3) is 10.9 Å². The van der Waals surface area contributed by atoms with Gasteiger partial charge in [-0.25, -0.2) is 0 Å². The molecule has 0 fully saturated rings. The summed E-state index contributed by atoms with van der Waals surface area (Å²) in [6.45, 7) is 3.60. The van der Waals surface area contributed by atoms with Crippen LogP contribution >= 0.6 is 0 Å². The van der Waals surface area contributed by atoms with Crippen molar-refractivity contribution >= 4 is 22.8 Å². The molecule has 140 valence electrons. The van der Waals surface area contributed by atoms with Crippen molar-refractivity contribution in [3.63, 3.8) is 0 Å². The van der Waals surface area contributed by atoms with E-state index < -0.39 is 17.9 Å². The lowest BCUT2D eigenvalue weighted by Crippen LogP contribution is -2.50. The maximum Gasteiger partial charge on any atom is 0.258 e. The van der Waals surface area contributed by atoms with Crippen LogP contribution in [0.3, 0.4) is 0 Å². The number of benzene rings is 2. The van der Waals surface area contributed by atoms with E-state index in [2.05, 4.69) is 10.3 Å². The van der Waals surface area contributed by atoms with Gasteiger partial charge in [-0.2, -0.15) is 0 Å². The summed E-state index contributed by atoms with van der Waals surface area (Å²) in [6.07, 6.45) is 1.88. The van der Waals surface area contributed by atoms with Gasteiger partial charge < -0.3 is 24.9 Å². The summed E-state index contributed by atoms with van der Waals surface area (Å²) in [6, 6.07) is 12.0. The molecule has 0 aliphatic heterocycles. The van der Waals surface area contributed by atoms with Gasteiger partial charge >= 0.3 is 0 Å². The lowest BCUT2D eigenvalue weighted by Gasteiger charge is -2.20. The van der Waals surface area contributed by atoms with E-state index in [4.69, 9.17) is 4.74 Å². The number of aryl methyl sites for hydroxylation is 1. The number of carboxylic acids is 1. The smallest absolute Gasteiger partial charge is 0.258 e. The van der Waals surface area contributed by atoms with E-state index in [0.717, 1.165) is 27.6 Å². The van der Waals surface area contributed by atoms with E-state index in [9.17, 15) is 14.7 Å². The zero-order valence-corrected chi connectivity index (χ0v) is 15.2. The Morgan fingerprint density at radius 3 is 2.70 bits per heavy atom. The van der Waals surface area contributed by atoms with E-state index in [1.165, 1.54) is 0 Å². The fourth-order valence-corrected chi connectivity index (χ4v) is 2.97. The second-order valence-corrected chi connectivity index (χ2v) is 6.49. The van der Waals surface area contributed by atoms with Crippen molar-refractivity contribution in [1.29, 1.82) is 0 Å². The lowest BCUT2D eigenvalue weighted by molar-refractivity contribution is -0.308. The Morgan fingerprint density at radius 2 is 1.93 bits per heavy atom. The van der Waals surface area contributed by atoms with Crippen LogP contribution in [0.1, 0.15) is 16.7 Å². The molecule has 2 aromatic carbocycles. The van der Waals surface area contributed by atoms with Crippen LogP contribution in [0, 0.1) is 13.8 Å². The minimum absolute atomic E-state index is 0.127. The molecule has 3 rings (SSSR count). The summed E-state index contributed by atoms with van der Waals surface area (Å²) in [5.41, 5.74) is 3.71. The van der Waals surface area contributed by atoms with Gasteiger partial charge in [0.05, 0.1) is 12.0 Å². The summed E-state index contributed by atoms with van der Waals surface area (Å²) in [7, 11) is 0. The molecule has 1 amide bonds. The molecule has 2 N–H and O–H groups in total. The number of aromatic amines is 1. The summed E-state index contributed by atoms with van der Waals surface area (Å²) >= 11 is 0. The van der Waals surface area contributed by atoms with Gasteiger partial charge in [0.1, 0.15) is 5.75 Å². The van der Waals surface area contributed by atoms with E-state index in [0.29, 0.717) is 5.75 Å². The highest BCUT2D eigenvalue weighted by molar-refractivity contribution is 5.86. The van der Waals surface area contributed by atoms with Crippen molar-refractivity contribution in [2.45, 2.75) is 26.3 Å². The monoisotopic (exact) mass is 365 g/mol. The molecule has 0 aliphatic carbocycles. The van der Waals surface area contributed by atoms with Gasteiger partial charge in [0, 0.05) is 23.5 Å². The van der Waals surface area contributed by atoms with Crippen molar-refractivity contribution in [2.75, 3.05) is 6.61 Å². The quantitative estimate of drug-likeness (QED) is 0.665. The third-order valence-corrected chi connectivity index (χ3v) is 4.63. The summed E-state index contributed by atoms with van der Waals surface area (Å²) in [5, 5.41) is 14.9. The largest absolute Gasteiger partial charge is 0.548 e. The second-order valence-electron chi connectivity index (χ2n) is 6.49. The molecule has 0 spiro atoms. The molecule has 1 unspecified atom stereocenters. The summed E-state index contributed by atoms with van der Waals surface area (Å²) < 4.78 is 5.53. The SMILES string of the molecule is Cc1cccc(OCC(=O)NC(Cc2c[nH]c3ccccc23)C(=O)[O-])c1C. The number of hydrogen-bond acceptors (Lipinski definition) is 4. The minimum Gasteiger partial charge on any atom is -0.548 e. The highest BCUT2D eigenvalue weighted by Gasteiger charge is 2.17. The van der Waals surface area contributed by atoms with Crippen molar-refractivity contribution in [3.05, 3.63) is 65.4 Å². The predicted octanol–water partition coefficient (Wildman–Crippen LogP) is 1.64. The molecule has 6 heteroatoms. The minimum atomic E-state index is -1.33. The molecular formula is C21H21N2O4-. The third-order valence-electron chi connectivity index (χ3n) is 4.63. The van der Waals surface area contributed by atoms with E-state index in [1.807, 2.05) is 50.2 Å². The Labute approximate surface area is 157 Å². The van der Waals surface area contributed by atoms with E-state index >= 15 is 0 Å². The standard InChI is InChI=1S/C21H22N2O4/c1-13-6-5-9-19(14(13)2)27-12-20(24)23-18(21(25)26)10-15-11-22-17-8-4-3-7-16(15)17/h3-9,11,18,22H,10,12H2,1-2H3,(H,23,24)(H,25,26)/p-1. The first-order valence-corrected chi connectivity index (χ1v) is 8.70. The fourth-order valence-electron chi connectivity index (χ4n) is 2.97. The molecule has 0 saturated carbocycles. The maximum atomic E-state index is 12.2. The van der Waals surface area contributed by atoms with E-state index in [1.54, 1.807) is 12.3 Å². The maximum absolute atomic E-state index is 12.2. The number of carbonyl (C=O) groups is 2. The Bertz CT molecular complexity index is 977. The Hall–Kier alpha value is -3.28. The number of nitrogens with one attached hydrogen (secondary N) is 2. The Kier molecular flexibility index (Phi) is 5.45. The normalized spacial score (nSPS) is 11.9. The van der Waals surface area contributed by atoms with Crippen LogP contribution in [-0.4, -0.2) is 29.5 Å². The number of fused-ring (bicyclic) bond motifs is 1. The van der Waals surface area contributed by atoms with Crippen LogP contribution in [0.2, 0.25) is 0 Å². The number of ether oxygens (including phenoxy) is 1. The number of amides is 1. The summed E-state index contributed by atoms with van der Waals surface area (Å²) in [5.74, 6) is -1.24. The molecule has 1 atom stereocenters. The molecule has 0 bridgehead atoms. The van der Waals surface area contributed by atoms with E-state index in [-0.39, 0.29) is 13.0 Å². The van der Waals surface area contributed by atoms with Crippen LogP contribution < -0.4 is 15.2 Å². The lowest BCUT2D eigenvalue weighted by atomic mass is 10.1. The second kappa shape index (κ2) is 7.95. The number of para-hydroxylation sites is 1. The van der Waals surface area contributed by atoms with Gasteiger partial charge in [-0.1, -0.05) is 30.3 Å². The van der Waals surface area contributed by atoms with Crippen molar-refractivity contribution in [2.24, 2.45) is 0 Å². The van der Waals surface area contributed by atoms with Crippen LogP contribution in [0.15, 0.2) is 48.7 Å².